The summed E-state index contributed by atoms with van der Waals surface area (Å²) < 4.78 is 5.15. The van der Waals surface area contributed by atoms with Gasteiger partial charge in [0.05, 0.1) is 24.8 Å². The third kappa shape index (κ3) is 3.94. The molecule has 0 radical (unpaired) electrons. The van der Waals surface area contributed by atoms with Gasteiger partial charge in [-0.15, -0.1) is 0 Å². The van der Waals surface area contributed by atoms with Gasteiger partial charge in [0.25, 0.3) is 0 Å². The van der Waals surface area contributed by atoms with Crippen LogP contribution in [-0.4, -0.2) is 35.8 Å². The minimum atomic E-state index is -0.0971. The summed E-state index contributed by atoms with van der Waals surface area (Å²) in [4.78, 5) is 6.04. The van der Waals surface area contributed by atoms with Gasteiger partial charge in [-0.2, -0.15) is 0 Å². The fourth-order valence-corrected chi connectivity index (χ4v) is 2.42. The Morgan fingerprint density at radius 2 is 2.00 bits per heavy atom. The molecule has 112 valence electrons. The van der Waals surface area contributed by atoms with Gasteiger partial charge in [-0.25, -0.2) is 0 Å². The van der Waals surface area contributed by atoms with Crippen LogP contribution in [0.15, 0.2) is 42.7 Å². The molecule has 1 atom stereocenters. The number of hydrogen-bond acceptors (Lipinski definition) is 4. The predicted molar refractivity (Wildman–Crippen MR) is 83.5 cm³/mol. The van der Waals surface area contributed by atoms with Crippen LogP contribution in [-0.2, 0) is 6.54 Å². The van der Waals surface area contributed by atoms with Crippen LogP contribution in [0.4, 0.5) is 0 Å². The number of benzene rings is 1. The van der Waals surface area contributed by atoms with E-state index in [1.165, 1.54) is 0 Å². The summed E-state index contributed by atoms with van der Waals surface area (Å²) in [5.41, 5.74) is 2.02. The van der Waals surface area contributed by atoms with Gasteiger partial charge in [-0.05, 0) is 36.4 Å². The van der Waals surface area contributed by atoms with E-state index < -0.39 is 0 Å². The van der Waals surface area contributed by atoms with Crippen molar-refractivity contribution in [2.75, 3.05) is 20.8 Å². The van der Waals surface area contributed by atoms with Gasteiger partial charge in [0, 0.05) is 18.9 Å². The number of aliphatic hydroxyl groups excluding tert-OH is 1. The van der Waals surface area contributed by atoms with Crippen molar-refractivity contribution in [3.8, 4) is 5.75 Å². The monoisotopic (exact) mass is 306 g/mol. The minimum Gasteiger partial charge on any atom is -0.497 e. The van der Waals surface area contributed by atoms with Gasteiger partial charge in [0.2, 0.25) is 0 Å². The van der Waals surface area contributed by atoms with Crippen LogP contribution >= 0.6 is 11.6 Å². The van der Waals surface area contributed by atoms with Crippen molar-refractivity contribution in [3.63, 3.8) is 0 Å². The van der Waals surface area contributed by atoms with E-state index in [0.29, 0.717) is 11.6 Å². The number of halogens is 1. The molecule has 0 bridgehead atoms. The van der Waals surface area contributed by atoms with Gasteiger partial charge in [-0.3, -0.25) is 9.88 Å². The SMILES string of the molecule is COc1ccc([C@@H](CO)N(C)Cc2ccncc2Cl)cc1. The summed E-state index contributed by atoms with van der Waals surface area (Å²) in [6, 6.07) is 9.51. The zero-order chi connectivity index (χ0) is 15.2. The number of likely N-dealkylation sites (N-methyl/N-ethyl adjacent to an activating group) is 1. The van der Waals surface area contributed by atoms with E-state index in [4.69, 9.17) is 16.3 Å². The van der Waals surface area contributed by atoms with Crippen LogP contribution in [0, 0.1) is 0 Å². The number of ether oxygens (including phenoxy) is 1. The fraction of sp³-hybridized carbons (Fsp3) is 0.312. The number of rotatable bonds is 6. The van der Waals surface area contributed by atoms with Crippen LogP contribution in [0.1, 0.15) is 17.2 Å². The van der Waals surface area contributed by atoms with Crippen LogP contribution in [0.25, 0.3) is 0 Å². The molecule has 0 unspecified atom stereocenters. The molecule has 0 saturated heterocycles. The van der Waals surface area contributed by atoms with Gasteiger partial charge in [0.15, 0.2) is 0 Å². The summed E-state index contributed by atoms with van der Waals surface area (Å²) >= 11 is 6.13. The van der Waals surface area contributed by atoms with E-state index in [1.807, 2.05) is 37.4 Å². The van der Waals surface area contributed by atoms with E-state index in [2.05, 4.69) is 9.88 Å². The molecule has 0 aliphatic carbocycles. The molecule has 4 nitrogen and oxygen atoms in total. The largest absolute Gasteiger partial charge is 0.497 e. The molecule has 0 fully saturated rings. The van der Waals surface area contributed by atoms with Crippen LogP contribution in [0.5, 0.6) is 5.75 Å². The molecule has 1 aromatic carbocycles. The number of aliphatic hydroxyl groups is 1. The first-order valence-electron chi connectivity index (χ1n) is 6.69. The highest BCUT2D eigenvalue weighted by Crippen LogP contribution is 2.24. The van der Waals surface area contributed by atoms with Crippen molar-refractivity contribution >= 4 is 11.6 Å². The van der Waals surface area contributed by atoms with Crippen LogP contribution in [0.3, 0.4) is 0 Å². The van der Waals surface area contributed by atoms with E-state index >= 15 is 0 Å². The van der Waals surface area contributed by atoms with Gasteiger partial charge in [-0.1, -0.05) is 23.7 Å². The van der Waals surface area contributed by atoms with E-state index in [0.717, 1.165) is 16.9 Å². The molecule has 0 amide bonds. The number of aromatic nitrogens is 1. The third-order valence-corrected chi connectivity index (χ3v) is 3.82. The maximum Gasteiger partial charge on any atom is 0.118 e. The molecule has 0 aliphatic heterocycles. The van der Waals surface area contributed by atoms with Crippen molar-refractivity contribution in [1.29, 1.82) is 0 Å². The lowest BCUT2D eigenvalue weighted by Crippen LogP contribution is -2.27. The second kappa shape index (κ2) is 7.41. The Balaban J connectivity index is 2.14. The predicted octanol–water partition coefficient (Wildman–Crippen LogP) is 2.91. The topological polar surface area (TPSA) is 45.6 Å². The quantitative estimate of drug-likeness (QED) is 0.891. The lowest BCUT2D eigenvalue weighted by Gasteiger charge is -2.27. The van der Waals surface area contributed by atoms with E-state index in [-0.39, 0.29) is 12.6 Å². The Labute approximate surface area is 130 Å². The molecular weight excluding hydrogens is 288 g/mol. The zero-order valence-electron chi connectivity index (χ0n) is 12.2. The lowest BCUT2D eigenvalue weighted by molar-refractivity contribution is 0.142. The molecular formula is C16H19ClN2O2. The normalized spacial score (nSPS) is 12.4. The average Bonchev–Trinajstić information content (AvgIpc) is 2.51. The molecule has 21 heavy (non-hydrogen) atoms. The maximum atomic E-state index is 9.71. The Hall–Kier alpha value is -1.62. The molecule has 0 saturated carbocycles. The van der Waals surface area contributed by atoms with Crippen molar-refractivity contribution in [2.45, 2.75) is 12.6 Å². The highest BCUT2D eigenvalue weighted by Gasteiger charge is 2.17. The van der Waals surface area contributed by atoms with Crippen LogP contribution in [0.2, 0.25) is 5.02 Å². The molecule has 1 N–H and O–H groups in total. The zero-order valence-corrected chi connectivity index (χ0v) is 12.9. The van der Waals surface area contributed by atoms with Gasteiger partial charge < -0.3 is 9.84 Å². The standard InChI is InChI=1S/C16H19ClN2O2/c1-19(10-13-7-8-18-9-15(13)17)16(11-20)12-3-5-14(21-2)6-4-12/h3-9,16,20H,10-11H2,1-2H3/t16-/m1/s1. The summed E-state index contributed by atoms with van der Waals surface area (Å²) in [5.74, 6) is 0.801. The minimum absolute atomic E-state index is 0.0333. The summed E-state index contributed by atoms with van der Waals surface area (Å²) in [5, 5.41) is 10.3. The Bertz CT molecular complexity index is 575. The van der Waals surface area contributed by atoms with Crippen molar-refractivity contribution < 1.29 is 9.84 Å². The molecule has 1 aromatic heterocycles. The molecule has 0 aliphatic rings. The second-order valence-electron chi connectivity index (χ2n) is 4.85. The molecule has 2 aromatic rings. The maximum absolute atomic E-state index is 9.71. The summed E-state index contributed by atoms with van der Waals surface area (Å²) in [6.45, 7) is 0.671. The Morgan fingerprint density at radius 1 is 1.29 bits per heavy atom. The number of hydrogen-bond donors (Lipinski definition) is 1. The molecule has 1 heterocycles. The Kier molecular flexibility index (Phi) is 5.56. The summed E-state index contributed by atoms with van der Waals surface area (Å²) in [7, 11) is 3.60. The average molecular weight is 307 g/mol. The van der Waals surface area contributed by atoms with Crippen molar-refractivity contribution in [1.82, 2.24) is 9.88 Å². The van der Waals surface area contributed by atoms with Crippen LogP contribution < -0.4 is 4.74 Å². The third-order valence-electron chi connectivity index (χ3n) is 3.48. The first-order valence-corrected chi connectivity index (χ1v) is 7.07. The Morgan fingerprint density at radius 3 is 2.57 bits per heavy atom. The second-order valence-corrected chi connectivity index (χ2v) is 5.26. The van der Waals surface area contributed by atoms with Gasteiger partial charge >= 0.3 is 0 Å². The highest BCUT2D eigenvalue weighted by atomic mass is 35.5. The van der Waals surface area contributed by atoms with Crippen molar-refractivity contribution in [2.24, 2.45) is 0 Å². The highest BCUT2D eigenvalue weighted by molar-refractivity contribution is 6.31. The van der Waals surface area contributed by atoms with E-state index in [9.17, 15) is 5.11 Å². The molecule has 0 spiro atoms. The number of nitrogens with zero attached hydrogens (tertiary/aromatic N) is 2. The van der Waals surface area contributed by atoms with E-state index in [1.54, 1.807) is 19.5 Å². The molecule has 5 heteroatoms. The first-order chi connectivity index (χ1) is 10.2. The smallest absolute Gasteiger partial charge is 0.118 e. The molecule has 2 rings (SSSR count). The lowest BCUT2D eigenvalue weighted by atomic mass is 10.1. The summed E-state index contributed by atoms with van der Waals surface area (Å²) in [6.07, 6.45) is 3.35. The number of methoxy groups -OCH3 is 1. The fourth-order valence-electron chi connectivity index (χ4n) is 2.24. The first kappa shape index (κ1) is 15.8. The van der Waals surface area contributed by atoms with Crippen molar-refractivity contribution in [3.05, 3.63) is 58.9 Å². The number of pyridine rings is 1. The van der Waals surface area contributed by atoms with Gasteiger partial charge in [0.1, 0.15) is 5.75 Å².